The van der Waals surface area contributed by atoms with Crippen LogP contribution in [0.15, 0.2) is 71.5 Å². The van der Waals surface area contributed by atoms with Crippen molar-refractivity contribution in [3.8, 4) is 11.6 Å². The third-order valence-corrected chi connectivity index (χ3v) is 7.20. The molecule has 6 aromatic rings. The number of rotatable bonds is 6. The van der Waals surface area contributed by atoms with Gasteiger partial charge in [-0.15, -0.1) is 10.2 Å². The van der Waals surface area contributed by atoms with Crippen LogP contribution in [0.3, 0.4) is 0 Å². The average molecular weight is 550 g/mol. The number of oxazole rings is 1. The van der Waals surface area contributed by atoms with E-state index >= 15 is 0 Å². The summed E-state index contributed by atoms with van der Waals surface area (Å²) in [7, 11) is 1.78. The fraction of sp³-hybridized carbons (Fsp3) is 0.250. The molecule has 0 radical (unpaired) electrons. The van der Waals surface area contributed by atoms with Crippen LogP contribution in [-0.2, 0) is 11.8 Å². The SMILES string of the molecule is CC(=O)Nc1ccc2oc(-c3ccnc4c(N5CCN(C(c6ccccc6)c6nnn(C)n6)CC5)ncn34)nc2c1. The molecule has 1 atom stereocenters. The first kappa shape index (κ1) is 24.8. The quantitative estimate of drug-likeness (QED) is 0.330. The summed E-state index contributed by atoms with van der Waals surface area (Å²) in [5.74, 6) is 1.80. The van der Waals surface area contributed by atoms with Gasteiger partial charge in [0.1, 0.15) is 17.5 Å². The van der Waals surface area contributed by atoms with Gasteiger partial charge in [0.25, 0.3) is 0 Å². The lowest BCUT2D eigenvalue weighted by atomic mass is 10.0. The number of anilines is 2. The smallest absolute Gasteiger partial charge is 0.244 e. The van der Waals surface area contributed by atoms with E-state index in [1.807, 2.05) is 28.7 Å². The number of aryl methyl sites for hydroxylation is 1. The Hall–Kier alpha value is -5.17. The minimum Gasteiger partial charge on any atom is -0.435 e. The van der Waals surface area contributed by atoms with Crippen molar-refractivity contribution in [1.29, 1.82) is 0 Å². The lowest BCUT2D eigenvalue weighted by Gasteiger charge is -2.38. The van der Waals surface area contributed by atoms with Crippen LogP contribution in [0.4, 0.5) is 11.5 Å². The lowest BCUT2D eigenvalue weighted by molar-refractivity contribution is -0.114. The average Bonchev–Trinajstić information content (AvgIpc) is 3.72. The first-order valence-electron chi connectivity index (χ1n) is 13.3. The van der Waals surface area contributed by atoms with Gasteiger partial charge in [0.2, 0.25) is 11.8 Å². The predicted octanol–water partition coefficient (Wildman–Crippen LogP) is 2.93. The third kappa shape index (κ3) is 4.65. The number of benzene rings is 2. The molecule has 1 saturated heterocycles. The number of nitrogens with zero attached hydrogens (tertiary/aromatic N) is 10. The summed E-state index contributed by atoms with van der Waals surface area (Å²) in [6.45, 7) is 4.57. The Balaban J connectivity index is 1.14. The van der Waals surface area contributed by atoms with Crippen LogP contribution in [0, 0.1) is 0 Å². The van der Waals surface area contributed by atoms with Gasteiger partial charge >= 0.3 is 0 Å². The molecule has 41 heavy (non-hydrogen) atoms. The van der Waals surface area contributed by atoms with Crippen molar-refractivity contribution in [2.45, 2.75) is 13.0 Å². The normalized spacial score (nSPS) is 15.0. The number of carbonyl (C=O) groups is 1. The van der Waals surface area contributed by atoms with Crippen molar-refractivity contribution >= 4 is 34.2 Å². The summed E-state index contributed by atoms with van der Waals surface area (Å²) in [6.07, 6.45) is 3.50. The van der Waals surface area contributed by atoms with Crippen LogP contribution in [0.5, 0.6) is 0 Å². The molecule has 0 bridgehead atoms. The van der Waals surface area contributed by atoms with Gasteiger partial charge in [0.15, 0.2) is 22.9 Å². The number of carbonyl (C=O) groups excluding carboxylic acids is 1. The highest BCUT2D eigenvalue weighted by molar-refractivity contribution is 5.91. The standard InChI is InChI=1S/C28H27N11O2/c1-18(40)31-20-8-9-23-21(16-20)32-28(41-23)22-10-11-29-27-26(30-17-39(22)27)38-14-12-37(13-15-38)24(19-6-4-3-5-7-19)25-33-35-36(2)34-25/h3-11,16-17,24H,12-15H2,1-2H3,(H,31,40). The molecule has 4 aromatic heterocycles. The number of tetrazole rings is 1. The van der Waals surface area contributed by atoms with Crippen LogP contribution in [0.1, 0.15) is 24.4 Å². The molecule has 1 aliphatic rings. The van der Waals surface area contributed by atoms with Crippen molar-refractivity contribution in [3.05, 3.63) is 78.5 Å². The summed E-state index contributed by atoms with van der Waals surface area (Å²) < 4.78 is 7.96. The molecule has 0 spiro atoms. The van der Waals surface area contributed by atoms with Crippen molar-refractivity contribution in [2.75, 3.05) is 36.4 Å². The van der Waals surface area contributed by atoms with Gasteiger partial charge in [-0.1, -0.05) is 30.3 Å². The van der Waals surface area contributed by atoms with E-state index in [0.29, 0.717) is 28.5 Å². The predicted molar refractivity (Wildman–Crippen MR) is 151 cm³/mol. The maximum atomic E-state index is 11.4. The molecule has 13 heteroatoms. The second-order valence-electron chi connectivity index (χ2n) is 9.95. The second-order valence-corrected chi connectivity index (χ2v) is 9.95. The molecule has 1 N–H and O–H groups in total. The number of aromatic nitrogens is 8. The number of fused-ring (bicyclic) bond motifs is 2. The molecule has 1 unspecified atom stereocenters. The molecule has 7 rings (SSSR count). The zero-order valence-corrected chi connectivity index (χ0v) is 22.5. The monoisotopic (exact) mass is 549 g/mol. The van der Waals surface area contributed by atoms with Gasteiger partial charge in [-0.2, -0.15) is 4.80 Å². The molecule has 206 valence electrons. The van der Waals surface area contributed by atoms with Crippen LogP contribution in [0.25, 0.3) is 28.3 Å². The van der Waals surface area contributed by atoms with Crippen molar-refractivity contribution in [3.63, 3.8) is 0 Å². The Morgan fingerprint density at radius 1 is 1.02 bits per heavy atom. The van der Waals surface area contributed by atoms with Gasteiger partial charge in [-0.3, -0.25) is 14.1 Å². The largest absolute Gasteiger partial charge is 0.435 e. The zero-order valence-electron chi connectivity index (χ0n) is 22.5. The van der Waals surface area contributed by atoms with E-state index in [9.17, 15) is 4.79 Å². The molecular formula is C28H27N11O2. The number of amides is 1. The molecule has 2 aromatic carbocycles. The summed E-state index contributed by atoms with van der Waals surface area (Å²) >= 11 is 0. The molecule has 5 heterocycles. The Morgan fingerprint density at radius 2 is 1.85 bits per heavy atom. The highest BCUT2D eigenvalue weighted by Crippen LogP contribution is 2.31. The van der Waals surface area contributed by atoms with Crippen molar-refractivity contribution < 1.29 is 9.21 Å². The minimum atomic E-state index is -0.142. The topological polar surface area (TPSA) is 135 Å². The first-order valence-corrected chi connectivity index (χ1v) is 13.3. The van der Waals surface area contributed by atoms with Crippen LogP contribution >= 0.6 is 0 Å². The zero-order chi connectivity index (χ0) is 27.9. The molecule has 1 aliphatic heterocycles. The van der Waals surface area contributed by atoms with Crippen LogP contribution < -0.4 is 10.2 Å². The first-order chi connectivity index (χ1) is 20.0. The molecule has 0 aliphatic carbocycles. The van der Waals surface area contributed by atoms with Crippen molar-refractivity contribution in [2.24, 2.45) is 7.05 Å². The van der Waals surface area contributed by atoms with Crippen LogP contribution in [-0.4, -0.2) is 76.5 Å². The van der Waals surface area contributed by atoms with Crippen molar-refractivity contribution in [1.82, 2.24) is 44.5 Å². The van der Waals surface area contributed by atoms with E-state index in [-0.39, 0.29) is 11.9 Å². The minimum absolute atomic E-state index is 0.0826. The summed E-state index contributed by atoms with van der Waals surface area (Å²) in [5.41, 5.74) is 4.54. The highest BCUT2D eigenvalue weighted by atomic mass is 16.3. The number of piperazine rings is 1. The van der Waals surface area contributed by atoms with E-state index in [4.69, 9.17) is 9.40 Å². The van der Waals surface area contributed by atoms with Gasteiger partial charge in [-0.25, -0.2) is 15.0 Å². The summed E-state index contributed by atoms with van der Waals surface area (Å²) in [4.78, 5) is 31.7. The maximum absolute atomic E-state index is 11.4. The van der Waals surface area contributed by atoms with E-state index in [0.717, 1.165) is 48.9 Å². The maximum Gasteiger partial charge on any atom is 0.244 e. The molecule has 0 saturated carbocycles. The van der Waals surface area contributed by atoms with Gasteiger partial charge < -0.3 is 14.6 Å². The number of imidazole rings is 1. The fourth-order valence-corrected chi connectivity index (χ4v) is 5.36. The Labute approximate surface area is 234 Å². The van der Waals surface area contributed by atoms with E-state index in [1.54, 1.807) is 37.8 Å². The van der Waals surface area contributed by atoms with Crippen LogP contribution in [0.2, 0.25) is 0 Å². The number of hydrogen-bond donors (Lipinski definition) is 1. The highest BCUT2D eigenvalue weighted by Gasteiger charge is 2.31. The Kier molecular flexibility index (Phi) is 6.12. The Bertz CT molecular complexity index is 1850. The summed E-state index contributed by atoms with van der Waals surface area (Å²) in [5, 5.41) is 15.7. The fourth-order valence-electron chi connectivity index (χ4n) is 5.36. The second kappa shape index (κ2) is 10.1. The molecule has 13 nitrogen and oxygen atoms in total. The number of nitrogens with one attached hydrogen (secondary N) is 1. The molecule has 1 fully saturated rings. The van der Waals surface area contributed by atoms with Gasteiger partial charge in [0.05, 0.1) is 13.1 Å². The third-order valence-electron chi connectivity index (χ3n) is 7.20. The molecule has 1 amide bonds. The van der Waals surface area contributed by atoms with E-state index in [1.165, 1.54) is 11.7 Å². The number of hydrogen-bond acceptors (Lipinski definition) is 10. The van der Waals surface area contributed by atoms with E-state index in [2.05, 4.69) is 52.6 Å². The summed E-state index contributed by atoms with van der Waals surface area (Å²) in [6, 6.07) is 17.4. The Morgan fingerprint density at radius 3 is 2.61 bits per heavy atom. The molecular weight excluding hydrogens is 522 g/mol. The van der Waals surface area contributed by atoms with E-state index < -0.39 is 0 Å². The van der Waals surface area contributed by atoms with Gasteiger partial charge in [-0.05, 0) is 35.0 Å². The van der Waals surface area contributed by atoms with Gasteiger partial charge in [0, 0.05) is 45.0 Å². The lowest BCUT2D eigenvalue weighted by Crippen LogP contribution is -2.48.